The van der Waals surface area contributed by atoms with E-state index in [-0.39, 0.29) is 12.1 Å². The summed E-state index contributed by atoms with van der Waals surface area (Å²) in [5.74, 6) is 0.882. The van der Waals surface area contributed by atoms with Gasteiger partial charge in [0.2, 0.25) is 0 Å². The molecule has 0 atom stereocenters. The molecule has 134 valence electrons. The summed E-state index contributed by atoms with van der Waals surface area (Å²) in [6.07, 6.45) is 1.57. The molecule has 1 aliphatic heterocycles. The van der Waals surface area contributed by atoms with Gasteiger partial charge in [-0.05, 0) is 45.4 Å². The highest BCUT2D eigenvalue weighted by atomic mass is 16.6. The number of ether oxygens (including phenoxy) is 1. The summed E-state index contributed by atoms with van der Waals surface area (Å²) in [6.45, 7) is 12.6. The zero-order valence-electron chi connectivity index (χ0n) is 15.5. The van der Waals surface area contributed by atoms with Crippen LogP contribution < -0.4 is 5.32 Å². The predicted molar refractivity (Wildman–Crippen MR) is 91.4 cm³/mol. The molecule has 1 saturated heterocycles. The first-order valence-corrected chi connectivity index (χ1v) is 8.55. The lowest BCUT2D eigenvalue weighted by Gasteiger charge is -2.34. The second-order valence-corrected chi connectivity index (χ2v) is 7.87. The maximum atomic E-state index is 12.0. The van der Waals surface area contributed by atoms with Crippen LogP contribution in [0.1, 0.15) is 47.5 Å². The summed E-state index contributed by atoms with van der Waals surface area (Å²) in [4.78, 5) is 27.5. The van der Waals surface area contributed by atoms with E-state index >= 15 is 0 Å². The molecule has 0 radical (unpaired) electrons. The van der Waals surface area contributed by atoms with Crippen LogP contribution in [-0.2, 0) is 4.74 Å². The zero-order valence-corrected chi connectivity index (χ0v) is 15.5. The van der Waals surface area contributed by atoms with Crippen molar-refractivity contribution in [3.63, 3.8) is 0 Å². The van der Waals surface area contributed by atoms with Gasteiger partial charge >= 0.3 is 12.1 Å². The minimum absolute atomic E-state index is 0.0201. The molecule has 1 rings (SSSR count). The first kappa shape index (κ1) is 19.6. The zero-order chi connectivity index (χ0) is 17.6. The summed E-state index contributed by atoms with van der Waals surface area (Å²) in [5.41, 5.74) is -0.456. The van der Waals surface area contributed by atoms with E-state index < -0.39 is 5.60 Å². The van der Waals surface area contributed by atoms with Crippen molar-refractivity contribution in [1.82, 2.24) is 15.1 Å². The monoisotopic (exact) mass is 327 g/mol. The van der Waals surface area contributed by atoms with Gasteiger partial charge in [-0.2, -0.15) is 0 Å². The van der Waals surface area contributed by atoms with Gasteiger partial charge in [-0.3, -0.25) is 0 Å². The third-order valence-electron chi connectivity index (χ3n) is 3.81. The molecule has 1 heterocycles. The van der Waals surface area contributed by atoms with Crippen LogP contribution in [0.15, 0.2) is 0 Å². The molecule has 1 aliphatic rings. The average molecular weight is 327 g/mol. The Labute approximate surface area is 140 Å². The van der Waals surface area contributed by atoms with Crippen molar-refractivity contribution in [3.8, 4) is 0 Å². The fourth-order valence-electron chi connectivity index (χ4n) is 2.52. The SMILES string of the molecule is CC(C)CNC(=O)N(C)CC1CCN(C(=O)OC(C)(C)C)CC1. The molecule has 0 aromatic heterocycles. The van der Waals surface area contributed by atoms with Gasteiger partial charge in [0, 0.05) is 33.2 Å². The highest BCUT2D eigenvalue weighted by Crippen LogP contribution is 2.20. The maximum absolute atomic E-state index is 12.0. The number of carbonyl (C=O) groups is 2. The van der Waals surface area contributed by atoms with Crippen LogP contribution in [0.5, 0.6) is 0 Å². The number of hydrogen-bond donors (Lipinski definition) is 1. The number of nitrogens with one attached hydrogen (secondary N) is 1. The van der Waals surface area contributed by atoms with E-state index in [0.29, 0.717) is 31.5 Å². The van der Waals surface area contributed by atoms with Crippen LogP contribution in [0.4, 0.5) is 9.59 Å². The van der Waals surface area contributed by atoms with Crippen LogP contribution in [0.25, 0.3) is 0 Å². The third kappa shape index (κ3) is 7.57. The Balaban J connectivity index is 2.33. The molecular formula is C17H33N3O3. The highest BCUT2D eigenvalue weighted by molar-refractivity contribution is 5.73. The second kappa shape index (κ2) is 8.41. The summed E-state index contributed by atoms with van der Waals surface area (Å²) >= 11 is 0. The number of urea groups is 1. The fourth-order valence-corrected chi connectivity index (χ4v) is 2.52. The molecule has 0 bridgehead atoms. The quantitative estimate of drug-likeness (QED) is 0.863. The summed E-state index contributed by atoms with van der Waals surface area (Å²) in [5, 5.41) is 2.93. The predicted octanol–water partition coefficient (Wildman–Crippen LogP) is 2.93. The topological polar surface area (TPSA) is 61.9 Å². The minimum atomic E-state index is -0.456. The van der Waals surface area contributed by atoms with Crippen LogP contribution in [0.3, 0.4) is 0 Å². The number of carbonyl (C=O) groups excluding carboxylic acids is 2. The molecule has 23 heavy (non-hydrogen) atoms. The Morgan fingerprint density at radius 2 is 1.83 bits per heavy atom. The number of amides is 3. The number of nitrogens with zero attached hydrogens (tertiary/aromatic N) is 2. The Kier molecular flexibility index (Phi) is 7.16. The van der Waals surface area contributed by atoms with Gasteiger partial charge in [-0.1, -0.05) is 13.8 Å². The van der Waals surface area contributed by atoms with Crippen LogP contribution >= 0.6 is 0 Å². The van der Waals surface area contributed by atoms with Gasteiger partial charge in [-0.15, -0.1) is 0 Å². The van der Waals surface area contributed by atoms with Gasteiger partial charge in [0.15, 0.2) is 0 Å². The molecule has 6 nitrogen and oxygen atoms in total. The Morgan fingerprint density at radius 1 is 1.26 bits per heavy atom. The molecule has 0 aromatic rings. The molecule has 0 unspecified atom stereocenters. The second-order valence-electron chi connectivity index (χ2n) is 7.87. The van der Waals surface area contributed by atoms with Crippen molar-refractivity contribution in [2.24, 2.45) is 11.8 Å². The third-order valence-corrected chi connectivity index (χ3v) is 3.81. The Hall–Kier alpha value is -1.46. The highest BCUT2D eigenvalue weighted by Gasteiger charge is 2.27. The largest absolute Gasteiger partial charge is 0.444 e. The van der Waals surface area contributed by atoms with E-state index in [9.17, 15) is 9.59 Å². The lowest BCUT2D eigenvalue weighted by atomic mass is 9.96. The number of hydrogen-bond acceptors (Lipinski definition) is 3. The molecule has 1 fully saturated rings. The van der Waals surface area contributed by atoms with E-state index in [1.807, 2.05) is 27.8 Å². The van der Waals surface area contributed by atoms with E-state index in [1.165, 1.54) is 0 Å². The Bertz CT molecular complexity index is 396. The smallest absolute Gasteiger partial charge is 0.410 e. The minimum Gasteiger partial charge on any atom is -0.444 e. The van der Waals surface area contributed by atoms with E-state index in [0.717, 1.165) is 19.4 Å². The molecule has 3 amide bonds. The maximum Gasteiger partial charge on any atom is 0.410 e. The number of likely N-dealkylation sites (tertiary alicyclic amines) is 1. The first-order chi connectivity index (χ1) is 10.6. The Morgan fingerprint density at radius 3 is 2.30 bits per heavy atom. The van der Waals surface area contributed by atoms with E-state index in [4.69, 9.17) is 4.74 Å². The number of rotatable bonds is 4. The summed E-state index contributed by atoms with van der Waals surface area (Å²) in [6, 6.07) is -0.0201. The molecule has 6 heteroatoms. The van der Waals surface area contributed by atoms with E-state index in [1.54, 1.807) is 9.80 Å². The van der Waals surface area contributed by atoms with Crippen LogP contribution in [0, 0.1) is 11.8 Å². The molecule has 0 aliphatic carbocycles. The van der Waals surface area contributed by atoms with Crippen molar-refractivity contribution in [1.29, 1.82) is 0 Å². The van der Waals surface area contributed by atoms with Gasteiger partial charge in [0.05, 0.1) is 0 Å². The van der Waals surface area contributed by atoms with Crippen molar-refractivity contribution >= 4 is 12.1 Å². The molecule has 0 spiro atoms. The van der Waals surface area contributed by atoms with Crippen molar-refractivity contribution in [2.75, 3.05) is 33.2 Å². The van der Waals surface area contributed by atoms with Crippen molar-refractivity contribution in [2.45, 2.75) is 53.1 Å². The van der Waals surface area contributed by atoms with Crippen LogP contribution in [-0.4, -0.2) is 60.8 Å². The van der Waals surface area contributed by atoms with Crippen LogP contribution in [0.2, 0.25) is 0 Å². The van der Waals surface area contributed by atoms with Gasteiger partial charge in [0.1, 0.15) is 5.60 Å². The molecule has 0 saturated carbocycles. The van der Waals surface area contributed by atoms with Gasteiger partial charge in [0.25, 0.3) is 0 Å². The average Bonchev–Trinajstić information content (AvgIpc) is 2.43. The standard InChI is InChI=1S/C17H33N3O3/c1-13(2)11-18-15(21)19(6)12-14-7-9-20(10-8-14)16(22)23-17(3,4)5/h13-14H,7-12H2,1-6H3,(H,18,21). The summed E-state index contributed by atoms with van der Waals surface area (Å²) in [7, 11) is 1.83. The van der Waals surface area contributed by atoms with Crippen molar-refractivity contribution in [3.05, 3.63) is 0 Å². The van der Waals surface area contributed by atoms with E-state index in [2.05, 4.69) is 19.2 Å². The normalized spacial score (nSPS) is 16.4. The lowest BCUT2D eigenvalue weighted by Crippen LogP contribution is -2.45. The first-order valence-electron chi connectivity index (χ1n) is 8.55. The molecule has 1 N–H and O–H groups in total. The fraction of sp³-hybridized carbons (Fsp3) is 0.882. The number of piperidine rings is 1. The van der Waals surface area contributed by atoms with Crippen molar-refractivity contribution < 1.29 is 14.3 Å². The van der Waals surface area contributed by atoms with Gasteiger partial charge in [-0.25, -0.2) is 9.59 Å². The lowest BCUT2D eigenvalue weighted by molar-refractivity contribution is 0.0176. The molecular weight excluding hydrogens is 294 g/mol. The molecule has 0 aromatic carbocycles. The van der Waals surface area contributed by atoms with Gasteiger partial charge < -0.3 is 19.9 Å². The summed E-state index contributed by atoms with van der Waals surface area (Å²) < 4.78 is 5.40.